The number of halogens is 2. The van der Waals surface area contributed by atoms with Gasteiger partial charge in [0.05, 0.1) is 10.4 Å². The van der Waals surface area contributed by atoms with Gasteiger partial charge in [-0.15, -0.1) is 11.8 Å². The fraction of sp³-hybridized carbons (Fsp3) is 0.500. The van der Waals surface area contributed by atoms with Gasteiger partial charge in [0.25, 0.3) is 0 Å². The van der Waals surface area contributed by atoms with Gasteiger partial charge in [0.15, 0.2) is 5.78 Å². The summed E-state index contributed by atoms with van der Waals surface area (Å²) in [5.41, 5.74) is 1.00. The number of rotatable bonds is 2. The Morgan fingerprint density at radius 2 is 1.61 bits per heavy atom. The molecular formula is C26H35Br2N3OS. The Balaban J connectivity index is 0.000000182. The Bertz CT molecular complexity index is 1000. The van der Waals surface area contributed by atoms with E-state index in [-0.39, 0.29) is 5.78 Å². The lowest BCUT2D eigenvalue weighted by Crippen LogP contribution is -2.12. The maximum atomic E-state index is 10.9. The molecule has 1 aromatic heterocycles. The van der Waals surface area contributed by atoms with Crippen LogP contribution in [0.25, 0.3) is 10.9 Å². The molecule has 33 heavy (non-hydrogen) atoms. The standard InChI is InChI=1S/C11H13N3.C8H16.C7H6Br2OS/c1-8-12-10-7-5-4-6-9(10)11(13-8)14(2)3;1-7-3-5-8(2)6-4-7;1-4(10)7-2-5(8)6(9)3-11-7/h4-7H,1-3H3;7-8H,3-6H2,1-2H3;2H,3H2,1H3. The van der Waals surface area contributed by atoms with E-state index in [1.807, 2.05) is 56.3 Å². The van der Waals surface area contributed by atoms with E-state index in [9.17, 15) is 4.79 Å². The van der Waals surface area contributed by atoms with Crippen LogP contribution < -0.4 is 4.90 Å². The minimum Gasteiger partial charge on any atom is -0.362 e. The van der Waals surface area contributed by atoms with Crippen molar-refractivity contribution in [1.29, 1.82) is 0 Å². The molecule has 0 amide bonds. The molecule has 2 aliphatic rings. The first kappa shape index (κ1) is 28.1. The molecular weight excluding hydrogens is 562 g/mol. The number of nitrogens with zero attached hydrogens (tertiary/aromatic N) is 3. The highest BCUT2D eigenvalue weighted by atomic mass is 79.9. The van der Waals surface area contributed by atoms with Crippen LogP contribution in [-0.4, -0.2) is 35.6 Å². The van der Waals surface area contributed by atoms with Gasteiger partial charge < -0.3 is 4.90 Å². The molecule has 0 spiro atoms. The zero-order valence-electron chi connectivity index (χ0n) is 20.5. The molecule has 0 atom stereocenters. The van der Waals surface area contributed by atoms with Crippen molar-refractivity contribution in [2.45, 2.75) is 53.4 Å². The molecule has 0 unspecified atom stereocenters. The summed E-state index contributed by atoms with van der Waals surface area (Å²) >= 11 is 8.30. The number of anilines is 1. The van der Waals surface area contributed by atoms with Crippen LogP contribution in [0, 0.1) is 18.8 Å². The van der Waals surface area contributed by atoms with Crippen LogP contribution in [0.4, 0.5) is 5.82 Å². The zero-order chi connectivity index (χ0) is 24.5. The molecule has 0 saturated heterocycles. The van der Waals surface area contributed by atoms with E-state index in [1.165, 1.54) is 25.7 Å². The molecule has 0 bridgehead atoms. The first-order chi connectivity index (χ1) is 15.6. The fourth-order valence-corrected chi connectivity index (χ4v) is 5.60. The van der Waals surface area contributed by atoms with Gasteiger partial charge in [-0.25, -0.2) is 9.97 Å². The molecule has 1 aromatic carbocycles. The third-order valence-electron chi connectivity index (χ3n) is 5.64. The number of carbonyl (C=O) groups excluding carboxylic acids is 1. The van der Waals surface area contributed by atoms with E-state index in [0.717, 1.165) is 54.0 Å². The van der Waals surface area contributed by atoms with Crippen LogP contribution in [-0.2, 0) is 4.79 Å². The first-order valence-electron chi connectivity index (χ1n) is 11.4. The third kappa shape index (κ3) is 9.18. The Labute approximate surface area is 220 Å². The maximum absolute atomic E-state index is 10.9. The van der Waals surface area contributed by atoms with E-state index >= 15 is 0 Å². The minimum atomic E-state index is 0.131. The van der Waals surface area contributed by atoms with Crippen LogP contribution in [0.3, 0.4) is 0 Å². The predicted molar refractivity (Wildman–Crippen MR) is 151 cm³/mol. The Kier molecular flexibility index (Phi) is 11.6. The molecule has 1 fully saturated rings. The zero-order valence-corrected chi connectivity index (χ0v) is 24.5. The van der Waals surface area contributed by atoms with E-state index < -0.39 is 0 Å². The van der Waals surface area contributed by atoms with Crippen molar-refractivity contribution in [2.75, 3.05) is 24.7 Å². The number of thioether (sulfide) groups is 1. The predicted octanol–water partition coefficient (Wildman–Crippen LogP) is 8.04. The van der Waals surface area contributed by atoms with Crippen LogP contribution in [0.2, 0.25) is 0 Å². The van der Waals surface area contributed by atoms with Crippen LogP contribution >= 0.6 is 43.6 Å². The topological polar surface area (TPSA) is 46.1 Å². The van der Waals surface area contributed by atoms with Crippen molar-refractivity contribution in [3.63, 3.8) is 0 Å². The van der Waals surface area contributed by atoms with E-state index in [0.29, 0.717) is 0 Å². The second-order valence-electron chi connectivity index (χ2n) is 8.98. The lowest BCUT2D eigenvalue weighted by molar-refractivity contribution is -0.112. The van der Waals surface area contributed by atoms with Gasteiger partial charge in [-0.1, -0.05) is 67.6 Å². The van der Waals surface area contributed by atoms with Gasteiger partial charge in [-0.2, -0.15) is 0 Å². The fourth-order valence-electron chi connectivity index (χ4n) is 3.59. The van der Waals surface area contributed by atoms with Gasteiger partial charge in [-0.3, -0.25) is 4.79 Å². The molecule has 7 heteroatoms. The second-order valence-corrected chi connectivity index (χ2v) is 11.8. The van der Waals surface area contributed by atoms with Crippen molar-refractivity contribution in [2.24, 2.45) is 11.8 Å². The summed E-state index contributed by atoms with van der Waals surface area (Å²) < 4.78 is 2.08. The number of fused-ring (bicyclic) bond motifs is 1. The second kappa shape index (κ2) is 13.6. The Morgan fingerprint density at radius 1 is 1.03 bits per heavy atom. The normalized spacial score (nSPS) is 20.2. The van der Waals surface area contributed by atoms with Gasteiger partial charge >= 0.3 is 0 Å². The molecule has 0 N–H and O–H groups in total. The summed E-state index contributed by atoms with van der Waals surface area (Å²) in [4.78, 5) is 22.5. The number of hydrogen-bond donors (Lipinski definition) is 0. The van der Waals surface area contributed by atoms with Crippen molar-refractivity contribution >= 4 is 66.1 Å². The molecule has 180 valence electrons. The molecule has 1 aliphatic heterocycles. The quantitative estimate of drug-likeness (QED) is 0.351. The number of benzene rings is 1. The van der Waals surface area contributed by atoms with Crippen LogP contribution in [0.15, 0.2) is 44.2 Å². The SMILES string of the molecule is CC(=O)C1=CC(Br)=C(Br)CS1.CC1CCC(C)CC1.Cc1nc(N(C)C)c2ccccc2n1. The number of aryl methyl sites for hydroxylation is 1. The molecule has 1 saturated carbocycles. The first-order valence-corrected chi connectivity index (χ1v) is 14.0. The van der Waals surface area contributed by atoms with Crippen molar-refractivity contribution in [3.05, 3.63) is 50.0 Å². The Hall–Kier alpha value is -1.18. The van der Waals surface area contributed by atoms with Gasteiger partial charge in [0.2, 0.25) is 0 Å². The van der Waals surface area contributed by atoms with Gasteiger partial charge in [0.1, 0.15) is 11.6 Å². The summed E-state index contributed by atoms with van der Waals surface area (Å²) in [5.74, 6) is 4.80. The number of hydrogen-bond acceptors (Lipinski definition) is 5. The summed E-state index contributed by atoms with van der Waals surface area (Å²) in [6, 6.07) is 8.06. The number of Topliss-reactive ketones (excluding diaryl/α,β-unsaturated/α-hetero) is 1. The molecule has 1 aliphatic carbocycles. The lowest BCUT2D eigenvalue weighted by Gasteiger charge is -2.22. The van der Waals surface area contributed by atoms with E-state index in [2.05, 4.69) is 55.7 Å². The molecule has 0 radical (unpaired) electrons. The number of allylic oxidation sites excluding steroid dienone is 3. The smallest absolute Gasteiger partial charge is 0.166 e. The van der Waals surface area contributed by atoms with Gasteiger partial charge in [-0.05, 0) is 59.8 Å². The van der Waals surface area contributed by atoms with Gasteiger partial charge in [0, 0.05) is 34.2 Å². The highest BCUT2D eigenvalue weighted by molar-refractivity contribution is 9.14. The monoisotopic (exact) mass is 595 g/mol. The number of ketones is 1. The number of carbonyl (C=O) groups is 1. The van der Waals surface area contributed by atoms with E-state index in [4.69, 9.17) is 0 Å². The summed E-state index contributed by atoms with van der Waals surface area (Å²) in [6.45, 7) is 8.23. The van der Waals surface area contributed by atoms with E-state index in [1.54, 1.807) is 18.7 Å². The summed E-state index contributed by atoms with van der Waals surface area (Å²) in [7, 11) is 3.99. The molecule has 2 aromatic rings. The number of para-hydroxylation sites is 1. The highest BCUT2D eigenvalue weighted by Gasteiger charge is 2.13. The number of aromatic nitrogens is 2. The molecule has 2 heterocycles. The average Bonchev–Trinajstić information content (AvgIpc) is 2.77. The van der Waals surface area contributed by atoms with Crippen molar-refractivity contribution in [3.8, 4) is 0 Å². The minimum absolute atomic E-state index is 0.131. The lowest BCUT2D eigenvalue weighted by atomic mass is 9.84. The third-order valence-corrected chi connectivity index (χ3v) is 9.11. The molecule has 4 rings (SSSR count). The Morgan fingerprint density at radius 3 is 2.12 bits per heavy atom. The van der Waals surface area contributed by atoms with Crippen molar-refractivity contribution in [1.82, 2.24) is 9.97 Å². The largest absolute Gasteiger partial charge is 0.362 e. The summed E-state index contributed by atoms with van der Waals surface area (Å²) in [6.07, 6.45) is 7.74. The molecule has 4 nitrogen and oxygen atoms in total. The summed E-state index contributed by atoms with van der Waals surface area (Å²) in [5, 5.41) is 1.10. The highest BCUT2D eigenvalue weighted by Crippen LogP contribution is 2.34. The van der Waals surface area contributed by atoms with Crippen LogP contribution in [0.1, 0.15) is 52.3 Å². The van der Waals surface area contributed by atoms with Crippen molar-refractivity contribution < 1.29 is 4.79 Å². The average molecular weight is 597 g/mol. The maximum Gasteiger partial charge on any atom is 0.166 e. The van der Waals surface area contributed by atoms with Crippen LogP contribution in [0.5, 0.6) is 0 Å².